The summed E-state index contributed by atoms with van der Waals surface area (Å²) in [5.41, 5.74) is 2.06. The average molecular weight is 404 g/mol. The minimum absolute atomic E-state index is 0.0190. The largest absolute Gasteiger partial charge is 0.350 e. The summed E-state index contributed by atoms with van der Waals surface area (Å²) in [5.74, 6) is -0.170. The number of carbonyl (C=O) groups excluding carboxylic acids is 2. The van der Waals surface area contributed by atoms with E-state index in [0.717, 1.165) is 49.8 Å². The number of carbonyl (C=O) groups is 2. The third-order valence-electron chi connectivity index (χ3n) is 7.33. The van der Waals surface area contributed by atoms with E-state index in [2.05, 4.69) is 15.2 Å². The van der Waals surface area contributed by atoms with Gasteiger partial charge in [-0.25, -0.2) is 0 Å². The smallest absolute Gasteiger partial charge is 0.254 e. The SMILES string of the molecule is O=C(NCc1ccccn1)[C@H]1c2ccccc2C(=O)N(C2CCCC2)C12CCCC2. The van der Waals surface area contributed by atoms with Crippen molar-refractivity contribution in [3.63, 3.8) is 0 Å². The molecule has 2 aromatic rings. The highest BCUT2D eigenvalue weighted by molar-refractivity contribution is 6.02. The number of aromatic nitrogens is 1. The first-order chi connectivity index (χ1) is 14.7. The third kappa shape index (κ3) is 3.11. The van der Waals surface area contributed by atoms with Gasteiger partial charge in [0.05, 0.1) is 23.7 Å². The summed E-state index contributed by atoms with van der Waals surface area (Å²) in [7, 11) is 0. The molecule has 3 aliphatic rings. The van der Waals surface area contributed by atoms with Gasteiger partial charge in [-0.15, -0.1) is 0 Å². The van der Waals surface area contributed by atoms with Gasteiger partial charge in [0, 0.05) is 17.8 Å². The Labute approximate surface area is 177 Å². The third-order valence-corrected chi connectivity index (χ3v) is 7.33. The molecular weight excluding hydrogens is 374 g/mol. The van der Waals surface area contributed by atoms with Gasteiger partial charge in [0.2, 0.25) is 5.91 Å². The zero-order valence-corrected chi connectivity index (χ0v) is 17.3. The topological polar surface area (TPSA) is 62.3 Å². The van der Waals surface area contributed by atoms with Crippen LogP contribution in [-0.2, 0) is 11.3 Å². The molecule has 1 aromatic carbocycles. The zero-order valence-electron chi connectivity index (χ0n) is 17.3. The molecule has 2 aliphatic carbocycles. The monoisotopic (exact) mass is 403 g/mol. The highest BCUT2D eigenvalue weighted by atomic mass is 16.2. The molecule has 0 unspecified atom stereocenters. The number of hydrogen-bond donors (Lipinski definition) is 1. The molecule has 0 bridgehead atoms. The molecule has 2 heterocycles. The molecule has 30 heavy (non-hydrogen) atoms. The Balaban J connectivity index is 1.55. The second-order valence-corrected chi connectivity index (χ2v) is 8.98. The van der Waals surface area contributed by atoms with Gasteiger partial charge < -0.3 is 10.2 Å². The lowest BCUT2D eigenvalue weighted by molar-refractivity contribution is -0.127. The summed E-state index contributed by atoms with van der Waals surface area (Å²) in [6.45, 7) is 0.409. The van der Waals surface area contributed by atoms with Crippen LogP contribution in [0, 0.1) is 0 Å². The van der Waals surface area contributed by atoms with E-state index in [9.17, 15) is 9.59 Å². The second-order valence-electron chi connectivity index (χ2n) is 8.98. The van der Waals surface area contributed by atoms with Crippen molar-refractivity contribution in [1.82, 2.24) is 15.2 Å². The molecule has 1 aliphatic heterocycles. The van der Waals surface area contributed by atoms with Crippen LogP contribution in [0.2, 0.25) is 0 Å². The van der Waals surface area contributed by atoms with Crippen molar-refractivity contribution < 1.29 is 9.59 Å². The number of fused-ring (bicyclic) bond motifs is 1. The molecule has 5 heteroatoms. The molecule has 5 rings (SSSR count). The van der Waals surface area contributed by atoms with E-state index in [1.165, 1.54) is 12.8 Å². The Bertz CT molecular complexity index is 930. The van der Waals surface area contributed by atoms with E-state index in [0.29, 0.717) is 12.1 Å². The van der Waals surface area contributed by atoms with Gasteiger partial charge in [-0.3, -0.25) is 14.6 Å². The number of pyridine rings is 1. The van der Waals surface area contributed by atoms with Crippen LogP contribution in [0.25, 0.3) is 0 Å². The standard InChI is InChI=1S/C25H29N3O2/c29-23(27-17-18-9-5-8-16-26-18)22-20-12-3-4-13-21(20)24(30)28(19-10-1-2-11-19)25(22)14-6-7-15-25/h3-5,8-9,12-13,16,19,22H,1-2,6-7,10-11,14-15,17H2,(H,27,29)/t22-/m1/s1. The number of rotatable bonds is 4. The first kappa shape index (κ1) is 19.3. The summed E-state index contributed by atoms with van der Waals surface area (Å²) in [4.78, 5) is 33.9. The Hall–Kier alpha value is -2.69. The van der Waals surface area contributed by atoms with E-state index in [1.807, 2.05) is 42.5 Å². The minimum Gasteiger partial charge on any atom is -0.350 e. The molecule has 2 fully saturated rings. The lowest BCUT2D eigenvalue weighted by Gasteiger charge is -2.52. The summed E-state index contributed by atoms with van der Waals surface area (Å²) < 4.78 is 0. The molecule has 0 saturated heterocycles. The normalized spacial score (nSPS) is 23.0. The summed E-state index contributed by atoms with van der Waals surface area (Å²) in [6.07, 6.45) is 10.2. The Morgan fingerprint density at radius 2 is 1.77 bits per heavy atom. The van der Waals surface area contributed by atoms with Crippen molar-refractivity contribution in [1.29, 1.82) is 0 Å². The van der Waals surface area contributed by atoms with Gasteiger partial charge in [0.25, 0.3) is 5.91 Å². The fraction of sp³-hybridized carbons (Fsp3) is 0.480. The maximum atomic E-state index is 13.7. The quantitative estimate of drug-likeness (QED) is 0.832. The number of nitrogens with zero attached hydrogens (tertiary/aromatic N) is 2. The van der Waals surface area contributed by atoms with Crippen molar-refractivity contribution in [2.24, 2.45) is 0 Å². The maximum Gasteiger partial charge on any atom is 0.254 e. The van der Waals surface area contributed by atoms with Crippen molar-refractivity contribution in [3.05, 3.63) is 65.5 Å². The predicted molar refractivity (Wildman–Crippen MR) is 115 cm³/mol. The van der Waals surface area contributed by atoms with Crippen molar-refractivity contribution in [3.8, 4) is 0 Å². The van der Waals surface area contributed by atoms with Crippen LogP contribution in [0.3, 0.4) is 0 Å². The molecule has 2 amide bonds. The molecule has 1 N–H and O–H groups in total. The lowest BCUT2D eigenvalue weighted by Crippen LogP contribution is -2.63. The van der Waals surface area contributed by atoms with Crippen LogP contribution in [0.5, 0.6) is 0 Å². The highest BCUT2D eigenvalue weighted by Crippen LogP contribution is 2.52. The molecule has 1 spiro atoms. The van der Waals surface area contributed by atoms with Crippen LogP contribution in [0.4, 0.5) is 0 Å². The highest BCUT2D eigenvalue weighted by Gasteiger charge is 2.57. The predicted octanol–water partition coefficient (Wildman–Crippen LogP) is 4.19. The molecule has 2 saturated carbocycles. The summed E-state index contributed by atoms with van der Waals surface area (Å²) in [5, 5.41) is 3.15. The van der Waals surface area contributed by atoms with Gasteiger partial charge in [0.1, 0.15) is 0 Å². The number of nitrogens with one attached hydrogen (secondary N) is 1. The Morgan fingerprint density at radius 3 is 2.50 bits per heavy atom. The fourth-order valence-electron chi connectivity index (χ4n) is 6.08. The molecule has 5 nitrogen and oxygen atoms in total. The van der Waals surface area contributed by atoms with Gasteiger partial charge in [-0.05, 0) is 49.4 Å². The lowest BCUT2D eigenvalue weighted by atomic mass is 9.70. The van der Waals surface area contributed by atoms with E-state index in [1.54, 1.807) is 6.20 Å². The average Bonchev–Trinajstić information content (AvgIpc) is 3.47. The van der Waals surface area contributed by atoms with Gasteiger partial charge in [-0.1, -0.05) is 49.9 Å². The van der Waals surface area contributed by atoms with Gasteiger partial charge in [-0.2, -0.15) is 0 Å². The Morgan fingerprint density at radius 1 is 1.03 bits per heavy atom. The first-order valence-corrected chi connectivity index (χ1v) is 11.3. The van der Waals surface area contributed by atoms with Crippen molar-refractivity contribution >= 4 is 11.8 Å². The minimum atomic E-state index is -0.394. The Kier molecular flexibility index (Phi) is 5.05. The molecular formula is C25H29N3O2. The van der Waals surface area contributed by atoms with Crippen LogP contribution in [0.1, 0.15) is 78.9 Å². The molecule has 156 valence electrons. The maximum absolute atomic E-state index is 13.7. The summed E-state index contributed by atoms with van der Waals surface area (Å²) in [6, 6.07) is 13.8. The van der Waals surface area contributed by atoms with Crippen LogP contribution >= 0.6 is 0 Å². The van der Waals surface area contributed by atoms with Crippen LogP contribution in [0.15, 0.2) is 48.7 Å². The van der Waals surface area contributed by atoms with Gasteiger partial charge >= 0.3 is 0 Å². The number of hydrogen-bond acceptors (Lipinski definition) is 3. The first-order valence-electron chi connectivity index (χ1n) is 11.3. The molecule has 0 radical (unpaired) electrons. The van der Waals surface area contributed by atoms with E-state index in [-0.39, 0.29) is 23.8 Å². The van der Waals surface area contributed by atoms with Gasteiger partial charge in [0.15, 0.2) is 0 Å². The zero-order chi connectivity index (χ0) is 20.6. The molecule has 1 atom stereocenters. The van der Waals surface area contributed by atoms with E-state index < -0.39 is 5.54 Å². The van der Waals surface area contributed by atoms with Crippen LogP contribution in [-0.4, -0.2) is 33.3 Å². The van der Waals surface area contributed by atoms with E-state index >= 15 is 0 Å². The summed E-state index contributed by atoms with van der Waals surface area (Å²) >= 11 is 0. The van der Waals surface area contributed by atoms with Crippen LogP contribution < -0.4 is 5.32 Å². The fourth-order valence-corrected chi connectivity index (χ4v) is 6.08. The second kappa shape index (κ2) is 7.86. The van der Waals surface area contributed by atoms with Crippen molar-refractivity contribution in [2.45, 2.75) is 75.4 Å². The van der Waals surface area contributed by atoms with E-state index in [4.69, 9.17) is 0 Å². The molecule has 1 aromatic heterocycles. The number of benzene rings is 1. The van der Waals surface area contributed by atoms with Crippen molar-refractivity contribution in [2.75, 3.05) is 0 Å². The number of amides is 2.